The first-order valence-electron chi connectivity index (χ1n) is 0. The van der Waals surface area contributed by atoms with E-state index in [4.69, 9.17) is 0 Å². The molecule has 0 aliphatic rings. The molecule has 75 valence electrons. The van der Waals surface area contributed by atoms with Crippen LogP contribution in [0.2, 0.25) is 0 Å². The van der Waals surface area contributed by atoms with Gasteiger partial charge >= 0.3 is 0 Å². The minimum absolute atomic E-state index is 0. The Hall–Kier alpha value is 1.50. The first-order valence-corrected chi connectivity index (χ1v) is 0. The van der Waals surface area contributed by atoms with Crippen LogP contribution in [0.3, 0.4) is 0 Å². The maximum absolute atomic E-state index is 0. The fourth-order valence-corrected chi connectivity index (χ4v) is 0. The van der Waals surface area contributed by atoms with Gasteiger partial charge in [-0.1, -0.05) is 0 Å². The topological polar surface area (TPSA) is 189 Å². The van der Waals surface area contributed by atoms with E-state index in [1.54, 1.807) is 0 Å². The Morgan fingerprint density at radius 1 is 0.300 bits per heavy atom. The molecule has 0 rings (SSSR count). The standard InChI is InChI=1S/3ClH.In.6H2O/h3*1H;;6*1H2. The van der Waals surface area contributed by atoms with Gasteiger partial charge in [0.1, 0.15) is 0 Å². The minimum Gasteiger partial charge on any atom is -0.412 e. The van der Waals surface area contributed by atoms with E-state index in [2.05, 4.69) is 0 Å². The molecule has 0 heterocycles. The molecule has 0 bridgehead atoms. The van der Waals surface area contributed by atoms with E-state index in [0.29, 0.717) is 0 Å². The van der Waals surface area contributed by atoms with Crippen LogP contribution in [0, 0.1) is 0 Å². The Balaban J connectivity index is 0. The zero-order valence-electron chi connectivity index (χ0n) is 4.80. The van der Waals surface area contributed by atoms with Gasteiger partial charge in [0, 0.05) is 25.8 Å². The third-order valence-corrected chi connectivity index (χ3v) is 0. The fourth-order valence-electron chi connectivity index (χ4n) is 0. The van der Waals surface area contributed by atoms with Gasteiger partial charge in [0.05, 0.1) is 0 Å². The molecule has 0 aliphatic heterocycles. The van der Waals surface area contributed by atoms with Crippen molar-refractivity contribution in [3.8, 4) is 0 Å². The van der Waals surface area contributed by atoms with Crippen molar-refractivity contribution in [1.82, 2.24) is 0 Å². The molecule has 0 fully saturated rings. The summed E-state index contributed by atoms with van der Waals surface area (Å²) < 4.78 is 0. The molecule has 10 heavy (non-hydrogen) atoms. The van der Waals surface area contributed by atoms with Crippen LogP contribution in [-0.2, 0) is 0 Å². The molecule has 0 aromatic carbocycles. The van der Waals surface area contributed by atoms with Gasteiger partial charge in [0.25, 0.3) is 0 Å². The third-order valence-electron chi connectivity index (χ3n) is 0. The monoisotopic (exact) mass is 331 g/mol. The molecule has 12 N–H and O–H groups in total. The van der Waals surface area contributed by atoms with Gasteiger partial charge in [-0.25, -0.2) is 0 Å². The van der Waals surface area contributed by atoms with E-state index < -0.39 is 0 Å². The van der Waals surface area contributed by atoms with Crippen LogP contribution in [0.1, 0.15) is 0 Å². The van der Waals surface area contributed by atoms with Crippen molar-refractivity contribution in [2.75, 3.05) is 0 Å². The van der Waals surface area contributed by atoms with Crippen molar-refractivity contribution in [2.45, 2.75) is 0 Å². The number of hydrogen-bond acceptors (Lipinski definition) is 0. The zero-order chi connectivity index (χ0) is 0. The summed E-state index contributed by atoms with van der Waals surface area (Å²) in [6.07, 6.45) is 0. The number of halogens is 3. The molecular formula is H15Cl3InO6. The Bertz CT molecular complexity index is 13.0. The van der Waals surface area contributed by atoms with Gasteiger partial charge in [-0.15, -0.1) is 37.2 Å². The Morgan fingerprint density at radius 3 is 0.300 bits per heavy atom. The minimum atomic E-state index is 0. The number of rotatable bonds is 0. The van der Waals surface area contributed by atoms with E-state index in [9.17, 15) is 0 Å². The smallest absolute Gasteiger partial charge is 0 e. The largest absolute Gasteiger partial charge is 0.412 e. The van der Waals surface area contributed by atoms with Crippen LogP contribution >= 0.6 is 37.2 Å². The summed E-state index contributed by atoms with van der Waals surface area (Å²) >= 11 is 0. The second-order valence-corrected chi connectivity index (χ2v) is 0. The molecular weight excluding hydrogens is 317 g/mol. The van der Waals surface area contributed by atoms with Gasteiger partial charge in [0.15, 0.2) is 0 Å². The summed E-state index contributed by atoms with van der Waals surface area (Å²) in [6, 6.07) is 0. The predicted molar refractivity (Wildman–Crippen MR) is 49.2 cm³/mol. The Labute approximate surface area is 95.6 Å². The maximum Gasteiger partial charge on any atom is 0 e. The SMILES string of the molecule is Cl.Cl.Cl.O.O.O.O.O.O.[In]. The van der Waals surface area contributed by atoms with Crippen LogP contribution in [-0.4, -0.2) is 58.7 Å². The average Bonchev–Trinajstić information content (AvgIpc) is 0. The first-order chi connectivity index (χ1) is 0. The zero-order valence-corrected chi connectivity index (χ0v) is 10.5. The molecule has 0 spiro atoms. The maximum atomic E-state index is 0. The summed E-state index contributed by atoms with van der Waals surface area (Å²) in [7, 11) is 0. The van der Waals surface area contributed by atoms with Crippen LogP contribution < -0.4 is 0 Å². The second-order valence-electron chi connectivity index (χ2n) is 0. The van der Waals surface area contributed by atoms with Crippen molar-refractivity contribution >= 4 is 63.1 Å². The van der Waals surface area contributed by atoms with E-state index in [0.717, 1.165) is 0 Å². The van der Waals surface area contributed by atoms with Gasteiger partial charge in [-0.2, -0.15) is 0 Å². The first kappa shape index (κ1) is 563. The molecule has 10 heteroatoms. The molecule has 0 saturated heterocycles. The van der Waals surface area contributed by atoms with Crippen LogP contribution in [0.25, 0.3) is 0 Å². The van der Waals surface area contributed by atoms with Gasteiger partial charge in [0.2, 0.25) is 0 Å². The van der Waals surface area contributed by atoms with Crippen LogP contribution in [0.15, 0.2) is 0 Å². The van der Waals surface area contributed by atoms with Gasteiger partial charge in [-0.05, 0) is 0 Å². The molecule has 0 saturated carbocycles. The quantitative estimate of drug-likeness (QED) is 0.417. The molecule has 3 radical (unpaired) electrons. The van der Waals surface area contributed by atoms with Crippen molar-refractivity contribution in [3.63, 3.8) is 0 Å². The summed E-state index contributed by atoms with van der Waals surface area (Å²) in [4.78, 5) is 0. The van der Waals surface area contributed by atoms with E-state index >= 15 is 0 Å². The van der Waals surface area contributed by atoms with Crippen molar-refractivity contribution in [1.29, 1.82) is 0 Å². The fraction of sp³-hybridized carbons (Fsp3) is 0. The molecule has 0 unspecified atom stereocenters. The van der Waals surface area contributed by atoms with Gasteiger partial charge < -0.3 is 32.9 Å². The molecule has 0 amide bonds. The molecule has 0 aliphatic carbocycles. The Morgan fingerprint density at radius 2 is 0.300 bits per heavy atom. The van der Waals surface area contributed by atoms with Crippen molar-refractivity contribution in [3.05, 3.63) is 0 Å². The third kappa shape index (κ3) is 305. The Kier molecular flexibility index (Phi) is 23700. The van der Waals surface area contributed by atoms with E-state index in [1.807, 2.05) is 0 Å². The van der Waals surface area contributed by atoms with Crippen molar-refractivity contribution in [2.24, 2.45) is 0 Å². The summed E-state index contributed by atoms with van der Waals surface area (Å²) in [6.45, 7) is 0. The summed E-state index contributed by atoms with van der Waals surface area (Å²) in [5.41, 5.74) is 0. The predicted octanol–water partition coefficient (Wildman–Crippen LogP) is -4.06. The molecule has 0 aromatic rings. The van der Waals surface area contributed by atoms with E-state index in [-0.39, 0.29) is 95.9 Å². The van der Waals surface area contributed by atoms with E-state index in [1.165, 1.54) is 0 Å². The van der Waals surface area contributed by atoms with Crippen LogP contribution in [0.5, 0.6) is 0 Å². The second kappa shape index (κ2) is 421. The summed E-state index contributed by atoms with van der Waals surface area (Å²) in [5.74, 6) is 0. The normalized spacial score (nSPS) is 0. The summed E-state index contributed by atoms with van der Waals surface area (Å²) in [5, 5.41) is 0. The van der Waals surface area contributed by atoms with Gasteiger partial charge in [-0.3, -0.25) is 0 Å². The molecule has 6 nitrogen and oxygen atoms in total. The van der Waals surface area contributed by atoms with Crippen LogP contribution in [0.4, 0.5) is 0 Å². The average molecular weight is 332 g/mol. The molecule has 0 atom stereocenters. The number of hydrogen-bond donors (Lipinski definition) is 0. The van der Waals surface area contributed by atoms with Crippen molar-refractivity contribution < 1.29 is 32.9 Å². The molecule has 0 aromatic heterocycles.